The zero-order valence-electron chi connectivity index (χ0n) is 9.91. The summed E-state index contributed by atoms with van der Waals surface area (Å²) < 4.78 is 9.72. The normalized spacial score (nSPS) is 10.0. The fourth-order valence-electron chi connectivity index (χ4n) is 1.24. The lowest BCUT2D eigenvalue weighted by Crippen LogP contribution is -2.33. The average Bonchev–Trinajstić information content (AvgIpc) is 2.77. The maximum Gasteiger partial charge on any atom is 0.373 e. The largest absolute Gasteiger partial charge is 0.463 e. The highest BCUT2D eigenvalue weighted by molar-refractivity contribution is 5.86. The maximum absolute atomic E-state index is 11.1. The number of likely N-dealkylation sites (N-methyl/N-ethyl adjacent to an activating group) is 1. The van der Waals surface area contributed by atoms with E-state index in [2.05, 4.69) is 15.4 Å². The summed E-state index contributed by atoms with van der Waals surface area (Å²) in [5.41, 5.74) is 0. The molecule has 6 heteroatoms. The van der Waals surface area contributed by atoms with Crippen LogP contribution in [0, 0.1) is 0 Å². The molecule has 6 nitrogen and oxygen atoms in total. The van der Waals surface area contributed by atoms with Gasteiger partial charge in [-0.15, -0.1) is 0 Å². The van der Waals surface area contributed by atoms with Crippen LogP contribution in [-0.2, 0) is 16.1 Å². The molecule has 1 aromatic rings. The molecule has 0 unspecified atom stereocenters. The third-order valence-electron chi connectivity index (χ3n) is 2.01. The highest BCUT2D eigenvalue weighted by Gasteiger charge is 2.10. The van der Waals surface area contributed by atoms with Crippen molar-refractivity contribution < 1.29 is 18.7 Å². The summed E-state index contributed by atoms with van der Waals surface area (Å²) in [7, 11) is 1.29. The van der Waals surface area contributed by atoms with Gasteiger partial charge in [-0.2, -0.15) is 0 Å². The minimum absolute atomic E-state index is 0.0766. The maximum atomic E-state index is 11.1. The first-order valence-corrected chi connectivity index (χ1v) is 5.31. The van der Waals surface area contributed by atoms with Crippen LogP contribution < -0.4 is 10.6 Å². The number of ether oxygens (including phenoxy) is 1. The van der Waals surface area contributed by atoms with Gasteiger partial charge in [0.1, 0.15) is 5.76 Å². The number of esters is 1. The van der Waals surface area contributed by atoms with Crippen LogP contribution in [0.2, 0.25) is 0 Å². The summed E-state index contributed by atoms with van der Waals surface area (Å²) in [4.78, 5) is 22.2. The quantitative estimate of drug-likeness (QED) is 0.699. The Hall–Kier alpha value is -1.82. The molecule has 0 bridgehead atoms. The Balaban J connectivity index is 2.35. The zero-order valence-corrected chi connectivity index (χ0v) is 9.91. The number of amides is 1. The second-order valence-corrected chi connectivity index (χ2v) is 3.31. The average molecular weight is 240 g/mol. The number of furan rings is 1. The first-order chi connectivity index (χ1) is 8.17. The van der Waals surface area contributed by atoms with Gasteiger partial charge < -0.3 is 19.8 Å². The number of rotatable bonds is 6. The van der Waals surface area contributed by atoms with E-state index in [0.717, 1.165) is 0 Å². The molecule has 1 rings (SSSR count). The Kier molecular flexibility index (Phi) is 5.22. The SMILES string of the molecule is CCNC(=O)CNCc1ccc(C(=O)OC)o1. The standard InChI is InChI=1S/C11H16N2O4/c1-3-13-10(14)7-12-6-8-4-5-9(17-8)11(15)16-2/h4-5,12H,3,6-7H2,1-2H3,(H,13,14). The van der Waals surface area contributed by atoms with Gasteiger partial charge in [0.05, 0.1) is 20.2 Å². The fourth-order valence-corrected chi connectivity index (χ4v) is 1.24. The molecule has 0 atom stereocenters. The minimum atomic E-state index is -0.514. The summed E-state index contributed by atoms with van der Waals surface area (Å²) in [6.07, 6.45) is 0. The lowest BCUT2D eigenvalue weighted by molar-refractivity contribution is -0.120. The van der Waals surface area contributed by atoms with Crippen LogP contribution in [0.15, 0.2) is 16.5 Å². The van der Waals surface area contributed by atoms with Gasteiger partial charge in [0, 0.05) is 6.54 Å². The number of methoxy groups -OCH3 is 1. The van der Waals surface area contributed by atoms with Crippen molar-refractivity contribution in [1.82, 2.24) is 10.6 Å². The summed E-state index contributed by atoms with van der Waals surface area (Å²) in [6.45, 7) is 3.05. The number of carbonyl (C=O) groups is 2. The van der Waals surface area contributed by atoms with Crippen molar-refractivity contribution >= 4 is 11.9 Å². The van der Waals surface area contributed by atoms with Crippen molar-refractivity contribution in [2.45, 2.75) is 13.5 Å². The molecule has 2 N–H and O–H groups in total. The monoisotopic (exact) mass is 240 g/mol. The Morgan fingerprint density at radius 1 is 1.41 bits per heavy atom. The van der Waals surface area contributed by atoms with Crippen LogP contribution in [0.1, 0.15) is 23.2 Å². The summed E-state index contributed by atoms with van der Waals surface area (Å²) in [6, 6.07) is 3.20. The Morgan fingerprint density at radius 2 is 2.18 bits per heavy atom. The van der Waals surface area contributed by atoms with Crippen LogP contribution in [0.3, 0.4) is 0 Å². The second-order valence-electron chi connectivity index (χ2n) is 3.31. The molecule has 1 aromatic heterocycles. The molecule has 0 aliphatic carbocycles. The van der Waals surface area contributed by atoms with Crippen LogP contribution in [-0.4, -0.2) is 32.1 Å². The predicted octanol–water partition coefficient (Wildman–Crippen LogP) is 0.292. The molecule has 0 radical (unpaired) electrons. The molecule has 0 aliphatic heterocycles. The van der Waals surface area contributed by atoms with Crippen molar-refractivity contribution in [1.29, 1.82) is 0 Å². The molecule has 17 heavy (non-hydrogen) atoms. The van der Waals surface area contributed by atoms with Crippen molar-refractivity contribution in [3.63, 3.8) is 0 Å². The van der Waals surface area contributed by atoms with E-state index >= 15 is 0 Å². The second kappa shape index (κ2) is 6.70. The summed E-state index contributed by atoms with van der Waals surface area (Å²) in [5.74, 6) is 0.143. The van der Waals surface area contributed by atoms with E-state index < -0.39 is 5.97 Å². The Labute approximate surface area is 99.3 Å². The molecule has 0 saturated heterocycles. The molecule has 94 valence electrons. The van der Waals surface area contributed by atoms with Gasteiger partial charge in [-0.3, -0.25) is 4.79 Å². The number of nitrogens with one attached hydrogen (secondary N) is 2. The van der Waals surface area contributed by atoms with Crippen molar-refractivity contribution in [2.24, 2.45) is 0 Å². The smallest absolute Gasteiger partial charge is 0.373 e. The van der Waals surface area contributed by atoms with E-state index in [1.165, 1.54) is 13.2 Å². The lowest BCUT2D eigenvalue weighted by Gasteiger charge is -2.02. The van der Waals surface area contributed by atoms with Crippen LogP contribution in [0.4, 0.5) is 0 Å². The molecule has 1 amide bonds. The lowest BCUT2D eigenvalue weighted by atomic mass is 10.4. The molecular formula is C11H16N2O4. The van der Waals surface area contributed by atoms with Crippen molar-refractivity contribution in [3.8, 4) is 0 Å². The predicted molar refractivity (Wildman–Crippen MR) is 60.4 cm³/mol. The van der Waals surface area contributed by atoms with Crippen LogP contribution in [0.5, 0.6) is 0 Å². The molecule has 0 saturated carbocycles. The highest BCUT2D eigenvalue weighted by Crippen LogP contribution is 2.08. The summed E-state index contributed by atoms with van der Waals surface area (Å²) >= 11 is 0. The van der Waals surface area contributed by atoms with E-state index in [1.807, 2.05) is 6.92 Å². The van der Waals surface area contributed by atoms with Gasteiger partial charge in [0.25, 0.3) is 0 Å². The molecule has 1 heterocycles. The zero-order chi connectivity index (χ0) is 12.7. The summed E-state index contributed by atoms with van der Waals surface area (Å²) in [5, 5.41) is 5.56. The van der Waals surface area contributed by atoms with Crippen LogP contribution >= 0.6 is 0 Å². The van der Waals surface area contributed by atoms with E-state index in [0.29, 0.717) is 18.8 Å². The first kappa shape index (κ1) is 13.2. The number of hydrogen-bond acceptors (Lipinski definition) is 5. The van der Waals surface area contributed by atoms with Crippen LogP contribution in [0.25, 0.3) is 0 Å². The van der Waals surface area contributed by atoms with Gasteiger partial charge in [-0.25, -0.2) is 4.79 Å². The van der Waals surface area contributed by atoms with Gasteiger partial charge in [-0.05, 0) is 19.1 Å². The molecule has 0 aromatic carbocycles. The molecular weight excluding hydrogens is 224 g/mol. The molecule has 0 spiro atoms. The molecule has 0 fully saturated rings. The van der Waals surface area contributed by atoms with Crippen molar-refractivity contribution in [3.05, 3.63) is 23.7 Å². The van der Waals surface area contributed by atoms with Crippen molar-refractivity contribution in [2.75, 3.05) is 20.2 Å². The minimum Gasteiger partial charge on any atom is -0.463 e. The fraction of sp³-hybridized carbons (Fsp3) is 0.455. The van der Waals surface area contributed by atoms with Gasteiger partial charge in [-0.1, -0.05) is 0 Å². The van der Waals surface area contributed by atoms with E-state index in [9.17, 15) is 9.59 Å². The Morgan fingerprint density at radius 3 is 2.82 bits per heavy atom. The van der Waals surface area contributed by atoms with E-state index in [4.69, 9.17) is 4.42 Å². The number of carbonyl (C=O) groups excluding carboxylic acids is 2. The third kappa shape index (κ3) is 4.28. The van der Waals surface area contributed by atoms with E-state index in [-0.39, 0.29) is 18.2 Å². The first-order valence-electron chi connectivity index (χ1n) is 5.31. The van der Waals surface area contributed by atoms with E-state index in [1.54, 1.807) is 6.07 Å². The van der Waals surface area contributed by atoms with Gasteiger partial charge in [0.15, 0.2) is 0 Å². The van der Waals surface area contributed by atoms with Gasteiger partial charge in [0.2, 0.25) is 11.7 Å². The topological polar surface area (TPSA) is 80.6 Å². The number of hydrogen-bond donors (Lipinski definition) is 2. The third-order valence-corrected chi connectivity index (χ3v) is 2.01. The molecule has 0 aliphatic rings. The van der Waals surface area contributed by atoms with Gasteiger partial charge >= 0.3 is 5.97 Å². The Bertz CT molecular complexity index is 387. The highest BCUT2D eigenvalue weighted by atomic mass is 16.5.